The van der Waals surface area contributed by atoms with E-state index >= 15 is 0 Å². The highest BCUT2D eigenvalue weighted by Crippen LogP contribution is 2.27. The number of nitrogens with zero attached hydrogens (tertiary/aromatic N) is 4. The second-order valence-electron chi connectivity index (χ2n) is 5.59. The van der Waals surface area contributed by atoms with Gasteiger partial charge in [0.05, 0.1) is 11.3 Å². The normalized spacial score (nSPS) is 11.9. The van der Waals surface area contributed by atoms with Crippen LogP contribution in [0.25, 0.3) is 11.4 Å². The molecule has 3 rings (SSSR count). The lowest BCUT2D eigenvalue weighted by atomic mass is 10.1. The van der Waals surface area contributed by atoms with E-state index in [0.717, 1.165) is 34.0 Å². The third-order valence-electron chi connectivity index (χ3n) is 3.75. The summed E-state index contributed by atoms with van der Waals surface area (Å²) in [5, 5.41) is 18.4. The first kappa shape index (κ1) is 17.7. The zero-order valence-electron chi connectivity index (χ0n) is 13.8. The van der Waals surface area contributed by atoms with Gasteiger partial charge in [-0.2, -0.15) is 5.26 Å². The van der Waals surface area contributed by atoms with E-state index in [1.807, 2.05) is 49.4 Å². The molecule has 0 N–H and O–H groups in total. The summed E-state index contributed by atoms with van der Waals surface area (Å²) in [6.07, 6.45) is 0.886. The van der Waals surface area contributed by atoms with Crippen molar-refractivity contribution in [3.8, 4) is 17.5 Å². The Morgan fingerprint density at radius 2 is 1.84 bits per heavy atom. The minimum atomic E-state index is -0.169. The smallest absolute Gasteiger partial charge is 0.192 e. The molecule has 0 saturated heterocycles. The second-order valence-corrected chi connectivity index (χ2v) is 7.81. The summed E-state index contributed by atoms with van der Waals surface area (Å²) < 4.78 is 3.13. The maximum atomic E-state index is 9.12. The van der Waals surface area contributed by atoms with Crippen molar-refractivity contribution in [3.63, 3.8) is 0 Å². The van der Waals surface area contributed by atoms with Gasteiger partial charge in [0.25, 0.3) is 0 Å². The van der Waals surface area contributed by atoms with E-state index in [2.05, 4.69) is 48.9 Å². The molecule has 1 atom stereocenters. The number of halogens is 1. The summed E-state index contributed by atoms with van der Waals surface area (Å²) in [5.74, 6) is 0.830. The Hall–Kier alpha value is -2.10. The summed E-state index contributed by atoms with van der Waals surface area (Å²) in [6, 6.07) is 20.6. The molecule has 0 radical (unpaired) electrons. The molecule has 0 unspecified atom stereocenters. The highest BCUT2D eigenvalue weighted by atomic mass is 79.9. The van der Waals surface area contributed by atoms with Gasteiger partial charge in [-0.1, -0.05) is 70.2 Å². The number of nitriles is 1. The molecule has 0 aliphatic heterocycles. The van der Waals surface area contributed by atoms with Gasteiger partial charge >= 0.3 is 0 Å². The van der Waals surface area contributed by atoms with Crippen LogP contribution in [0.3, 0.4) is 0 Å². The SMILES string of the molecule is C[C@@H](C#N)Sc1nnc(-c2ccc(Br)cc2)n1CCc1ccccc1. The topological polar surface area (TPSA) is 54.5 Å². The van der Waals surface area contributed by atoms with Crippen molar-refractivity contribution in [2.24, 2.45) is 0 Å². The molecule has 0 aliphatic carbocycles. The van der Waals surface area contributed by atoms with Crippen molar-refractivity contribution in [3.05, 3.63) is 64.6 Å². The lowest BCUT2D eigenvalue weighted by Gasteiger charge is -2.11. The Balaban J connectivity index is 1.91. The largest absolute Gasteiger partial charge is 0.302 e. The lowest BCUT2D eigenvalue weighted by Crippen LogP contribution is -2.06. The van der Waals surface area contributed by atoms with Crippen LogP contribution in [0.2, 0.25) is 0 Å². The molecule has 25 heavy (non-hydrogen) atoms. The van der Waals surface area contributed by atoms with Gasteiger partial charge in [-0.25, -0.2) is 0 Å². The Labute approximate surface area is 160 Å². The van der Waals surface area contributed by atoms with Crippen molar-refractivity contribution in [1.82, 2.24) is 14.8 Å². The predicted molar refractivity (Wildman–Crippen MR) is 104 cm³/mol. The maximum Gasteiger partial charge on any atom is 0.192 e. The summed E-state index contributed by atoms with van der Waals surface area (Å²) in [4.78, 5) is 0. The van der Waals surface area contributed by atoms with Crippen molar-refractivity contribution in [2.45, 2.75) is 30.3 Å². The number of hydrogen-bond donors (Lipinski definition) is 0. The van der Waals surface area contributed by atoms with Crippen molar-refractivity contribution in [2.75, 3.05) is 0 Å². The number of aromatic nitrogens is 3. The molecule has 1 aromatic heterocycles. The molecule has 0 bridgehead atoms. The molecule has 0 fully saturated rings. The molecule has 4 nitrogen and oxygen atoms in total. The molecular weight excluding hydrogens is 396 g/mol. The van der Waals surface area contributed by atoms with E-state index in [0.29, 0.717) is 0 Å². The van der Waals surface area contributed by atoms with Gasteiger partial charge in [0.1, 0.15) is 0 Å². The minimum Gasteiger partial charge on any atom is -0.302 e. The average Bonchev–Trinajstić information content (AvgIpc) is 3.03. The highest BCUT2D eigenvalue weighted by molar-refractivity contribution is 9.10. The Kier molecular flexibility index (Phi) is 5.90. The van der Waals surface area contributed by atoms with Crippen LogP contribution in [0.4, 0.5) is 0 Å². The molecule has 1 heterocycles. The summed E-state index contributed by atoms with van der Waals surface area (Å²) >= 11 is 4.91. The molecular formula is C19H17BrN4S. The predicted octanol–water partition coefficient (Wildman–Crippen LogP) is 4.95. The number of thioether (sulfide) groups is 1. The number of aryl methyl sites for hydroxylation is 1. The van der Waals surface area contributed by atoms with Gasteiger partial charge in [0.15, 0.2) is 11.0 Å². The van der Waals surface area contributed by atoms with Crippen LogP contribution in [0.1, 0.15) is 12.5 Å². The van der Waals surface area contributed by atoms with Gasteiger partial charge in [0, 0.05) is 16.6 Å². The molecule has 0 aliphatic rings. The van der Waals surface area contributed by atoms with Crippen LogP contribution in [-0.4, -0.2) is 20.0 Å². The molecule has 0 saturated carbocycles. The van der Waals surface area contributed by atoms with Crippen LogP contribution >= 0.6 is 27.7 Å². The van der Waals surface area contributed by atoms with E-state index in [1.165, 1.54) is 17.3 Å². The highest BCUT2D eigenvalue weighted by Gasteiger charge is 2.16. The molecule has 126 valence electrons. The Morgan fingerprint density at radius 3 is 2.52 bits per heavy atom. The number of rotatable bonds is 6. The third-order valence-corrected chi connectivity index (χ3v) is 5.25. The molecule has 3 aromatic rings. The summed E-state index contributed by atoms with van der Waals surface area (Å²) in [7, 11) is 0. The van der Waals surface area contributed by atoms with Gasteiger partial charge in [-0.05, 0) is 31.0 Å². The van der Waals surface area contributed by atoms with Gasteiger partial charge in [-0.3, -0.25) is 0 Å². The average molecular weight is 413 g/mol. The Morgan fingerprint density at radius 1 is 1.12 bits per heavy atom. The fourth-order valence-corrected chi connectivity index (χ4v) is 3.49. The zero-order valence-corrected chi connectivity index (χ0v) is 16.2. The summed E-state index contributed by atoms with van der Waals surface area (Å²) in [5.41, 5.74) is 2.28. The van der Waals surface area contributed by atoms with E-state index in [-0.39, 0.29) is 5.25 Å². The molecule has 6 heteroatoms. The first-order valence-electron chi connectivity index (χ1n) is 7.96. The van der Waals surface area contributed by atoms with Gasteiger partial charge in [0.2, 0.25) is 0 Å². The standard InChI is InChI=1S/C19H17BrN4S/c1-14(13-21)25-19-23-22-18(16-7-9-17(20)10-8-16)24(19)12-11-15-5-3-2-4-6-15/h2-10,14H,11-12H2,1H3/t14-/m0/s1. The van der Waals surface area contributed by atoms with Crippen LogP contribution in [0.5, 0.6) is 0 Å². The van der Waals surface area contributed by atoms with Crippen LogP contribution < -0.4 is 0 Å². The number of hydrogen-bond acceptors (Lipinski definition) is 4. The molecule has 0 spiro atoms. The van der Waals surface area contributed by atoms with Gasteiger partial charge < -0.3 is 4.57 Å². The van der Waals surface area contributed by atoms with Crippen molar-refractivity contribution >= 4 is 27.7 Å². The fourth-order valence-electron chi connectivity index (χ4n) is 2.46. The number of benzene rings is 2. The summed E-state index contributed by atoms with van der Waals surface area (Å²) in [6.45, 7) is 2.64. The molecule has 0 amide bonds. The third kappa shape index (κ3) is 4.50. The van der Waals surface area contributed by atoms with Crippen LogP contribution in [0, 0.1) is 11.3 Å². The maximum absolute atomic E-state index is 9.12. The van der Waals surface area contributed by atoms with Crippen molar-refractivity contribution in [1.29, 1.82) is 5.26 Å². The van der Waals surface area contributed by atoms with E-state index < -0.39 is 0 Å². The van der Waals surface area contributed by atoms with Crippen LogP contribution in [0.15, 0.2) is 64.2 Å². The Bertz CT molecular complexity index is 869. The first-order chi connectivity index (χ1) is 12.2. The van der Waals surface area contributed by atoms with E-state index in [4.69, 9.17) is 5.26 Å². The quantitative estimate of drug-likeness (QED) is 0.537. The lowest BCUT2D eigenvalue weighted by molar-refractivity contribution is 0.639. The first-order valence-corrected chi connectivity index (χ1v) is 9.64. The zero-order chi connectivity index (χ0) is 17.6. The van der Waals surface area contributed by atoms with Gasteiger partial charge in [-0.15, -0.1) is 10.2 Å². The fraction of sp³-hybridized carbons (Fsp3) is 0.211. The minimum absolute atomic E-state index is 0.169. The van der Waals surface area contributed by atoms with Crippen LogP contribution in [-0.2, 0) is 13.0 Å². The van der Waals surface area contributed by atoms with E-state index in [1.54, 1.807) is 0 Å². The van der Waals surface area contributed by atoms with E-state index in [9.17, 15) is 0 Å². The second kappa shape index (κ2) is 8.32. The molecule has 2 aromatic carbocycles. The monoisotopic (exact) mass is 412 g/mol. The van der Waals surface area contributed by atoms with Crippen molar-refractivity contribution < 1.29 is 0 Å².